The number of hydrogen-bond donors (Lipinski definition) is 0. The number of pyridine rings is 1. The van der Waals surface area contributed by atoms with E-state index in [2.05, 4.69) is 16.8 Å². The molecule has 0 aromatic carbocycles. The Labute approximate surface area is 130 Å². The number of rotatable bonds is 2. The number of nitrogens with zero attached hydrogens (tertiary/aromatic N) is 4. The summed E-state index contributed by atoms with van der Waals surface area (Å²) in [4.78, 5) is 13.4. The van der Waals surface area contributed by atoms with Gasteiger partial charge in [-0.15, -0.1) is 10.2 Å². The van der Waals surface area contributed by atoms with Crippen LogP contribution in [-0.4, -0.2) is 38.5 Å². The van der Waals surface area contributed by atoms with E-state index in [1.54, 1.807) is 4.90 Å². The van der Waals surface area contributed by atoms with Crippen molar-refractivity contribution >= 4 is 11.6 Å². The van der Waals surface area contributed by atoms with Crippen molar-refractivity contribution in [2.45, 2.75) is 24.9 Å². The minimum atomic E-state index is -4.42. The third kappa shape index (κ3) is 2.93. The van der Waals surface area contributed by atoms with Crippen LogP contribution in [0.1, 0.15) is 30.1 Å². The predicted molar refractivity (Wildman–Crippen MR) is 76.7 cm³/mol. The summed E-state index contributed by atoms with van der Waals surface area (Å²) in [6.45, 7) is 4.48. The Hall–Kier alpha value is -2.38. The third-order valence-corrected chi connectivity index (χ3v) is 4.03. The zero-order valence-electron chi connectivity index (χ0n) is 12.3. The van der Waals surface area contributed by atoms with Crippen LogP contribution in [0.15, 0.2) is 31.0 Å². The highest BCUT2D eigenvalue weighted by molar-refractivity contribution is 5.87. The standard InChI is InChI=1S/C15H15F3N4O/c1-2-13(23)21-7-3-4-10(8-21)14-20-19-12-6-5-11(9-22(12)14)15(16,17)18/h2,5-6,9-10H,1,3-4,7-8H2. The lowest BCUT2D eigenvalue weighted by Crippen LogP contribution is -2.38. The summed E-state index contributed by atoms with van der Waals surface area (Å²) in [5.41, 5.74) is -0.388. The smallest absolute Gasteiger partial charge is 0.338 e. The molecule has 23 heavy (non-hydrogen) atoms. The summed E-state index contributed by atoms with van der Waals surface area (Å²) in [5, 5.41) is 7.97. The Morgan fingerprint density at radius 1 is 1.35 bits per heavy atom. The maximum Gasteiger partial charge on any atom is 0.417 e. The van der Waals surface area contributed by atoms with Gasteiger partial charge in [0.15, 0.2) is 5.65 Å². The van der Waals surface area contributed by atoms with Crippen LogP contribution in [-0.2, 0) is 11.0 Å². The molecule has 3 heterocycles. The van der Waals surface area contributed by atoms with Crippen LogP contribution in [0.4, 0.5) is 13.2 Å². The number of likely N-dealkylation sites (tertiary alicyclic amines) is 1. The van der Waals surface area contributed by atoms with E-state index in [1.165, 1.54) is 16.5 Å². The van der Waals surface area contributed by atoms with Gasteiger partial charge in [-0.25, -0.2) is 0 Å². The topological polar surface area (TPSA) is 50.5 Å². The second kappa shape index (κ2) is 5.68. The molecule has 1 saturated heterocycles. The van der Waals surface area contributed by atoms with Crippen molar-refractivity contribution in [2.75, 3.05) is 13.1 Å². The van der Waals surface area contributed by atoms with Crippen molar-refractivity contribution < 1.29 is 18.0 Å². The van der Waals surface area contributed by atoms with Gasteiger partial charge in [-0.2, -0.15) is 13.2 Å². The van der Waals surface area contributed by atoms with Crippen LogP contribution in [0.5, 0.6) is 0 Å². The van der Waals surface area contributed by atoms with E-state index >= 15 is 0 Å². The highest BCUT2D eigenvalue weighted by atomic mass is 19.4. The van der Waals surface area contributed by atoms with Crippen molar-refractivity contribution in [1.82, 2.24) is 19.5 Å². The molecule has 2 aromatic rings. The number of fused-ring (bicyclic) bond motifs is 1. The summed E-state index contributed by atoms with van der Waals surface area (Å²) in [5.74, 6) is 0.123. The maximum atomic E-state index is 12.9. The highest BCUT2D eigenvalue weighted by Crippen LogP contribution is 2.31. The lowest BCUT2D eigenvalue weighted by Gasteiger charge is -2.31. The number of amides is 1. The molecular formula is C15H15F3N4O. The van der Waals surface area contributed by atoms with Crippen LogP contribution >= 0.6 is 0 Å². The molecule has 1 amide bonds. The van der Waals surface area contributed by atoms with Gasteiger partial charge in [0.1, 0.15) is 5.82 Å². The minimum Gasteiger partial charge on any atom is -0.338 e. The fraction of sp³-hybridized carbons (Fsp3) is 0.400. The number of halogens is 3. The van der Waals surface area contributed by atoms with Gasteiger partial charge in [-0.1, -0.05) is 6.58 Å². The van der Waals surface area contributed by atoms with E-state index in [9.17, 15) is 18.0 Å². The second-order valence-corrected chi connectivity index (χ2v) is 5.53. The van der Waals surface area contributed by atoms with Crippen molar-refractivity contribution in [1.29, 1.82) is 0 Å². The number of hydrogen-bond acceptors (Lipinski definition) is 3. The van der Waals surface area contributed by atoms with Gasteiger partial charge in [-0.3, -0.25) is 9.20 Å². The fourth-order valence-electron chi connectivity index (χ4n) is 2.87. The molecule has 1 fully saturated rings. The molecule has 8 heteroatoms. The molecule has 0 saturated carbocycles. The van der Waals surface area contributed by atoms with Gasteiger partial charge in [0, 0.05) is 25.2 Å². The molecule has 1 aliphatic heterocycles. The van der Waals surface area contributed by atoms with Crippen LogP contribution in [0.2, 0.25) is 0 Å². The number of alkyl halides is 3. The molecule has 1 unspecified atom stereocenters. The summed E-state index contributed by atoms with van der Waals surface area (Å²) in [7, 11) is 0. The van der Waals surface area contributed by atoms with Crippen LogP contribution in [0, 0.1) is 0 Å². The molecule has 0 bridgehead atoms. The van der Waals surface area contributed by atoms with Gasteiger partial charge >= 0.3 is 6.18 Å². The molecule has 1 aliphatic rings. The van der Waals surface area contributed by atoms with E-state index in [-0.39, 0.29) is 11.8 Å². The molecule has 5 nitrogen and oxygen atoms in total. The first-order valence-corrected chi connectivity index (χ1v) is 7.23. The molecule has 0 radical (unpaired) electrons. The molecular weight excluding hydrogens is 309 g/mol. The first-order chi connectivity index (χ1) is 10.9. The molecule has 0 N–H and O–H groups in total. The van der Waals surface area contributed by atoms with Crippen LogP contribution < -0.4 is 0 Å². The van der Waals surface area contributed by atoms with Crippen molar-refractivity contribution in [3.8, 4) is 0 Å². The zero-order chi connectivity index (χ0) is 16.6. The largest absolute Gasteiger partial charge is 0.417 e. The molecule has 1 atom stereocenters. The Morgan fingerprint density at radius 2 is 2.13 bits per heavy atom. The molecule has 2 aromatic heterocycles. The Bertz CT molecular complexity index is 753. The van der Waals surface area contributed by atoms with Gasteiger partial charge in [0.25, 0.3) is 0 Å². The zero-order valence-corrected chi connectivity index (χ0v) is 12.3. The third-order valence-electron chi connectivity index (χ3n) is 4.03. The first-order valence-electron chi connectivity index (χ1n) is 7.23. The number of carbonyl (C=O) groups excluding carboxylic acids is 1. The number of piperidine rings is 1. The summed E-state index contributed by atoms with van der Waals surface area (Å²) in [6, 6.07) is 2.29. The van der Waals surface area contributed by atoms with Crippen LogP contribution in [0.3, 0.4) is 0 Å². The van der Waals surface area contributed by atoms with Crippen LogP contribution in [0.25, 0.3) is 5.65 Å². The summed E-state index contributed by atoms with van der Waals surface area (Å²) in [6.07, 6.45) is -0.659. The molecule has 0 aliphatic carbocycles. The van der Waals surface area contributed by atoms with E-state index in [0.29, 0.717) is 24.6 Å². The second-order valence-electron chi connectivity index (χ2n) is 5.53. The van der Waals surface area contributed by atoms with Gasteiger partial charge in [0.2, 0.25) is 5.91 Å². The van der Waals surface area contributed by atoms with E-state index in [1.807, 2.05) is 0 Å². The van der Waals surface area contributed by atoms with Gasteiger partial charge in [0.05, 0.1) is 5.56 Å². The monoisotopic (exact) mass is 324 g/mol. The Balaban J connectivity index is 1.96. The average molecular weight is 324 g/mol. The SMILES string of the molecule is C=CC(=O)N1CCCC(c2nnc3ccc(C(F)(F)F)cn23)C1. The fourth-order valence-corrected chi connectivity index (χ4v) is 2.87. The Morgan fingerprint density at radius 3 is 2.83 bits per heavy atom. The lowest BCUT2D eigenvalue weighted by molar-refractivity contribution is -0.137. The molecule has 0 spiro atoms. The van der Waals surface area contributed by atoms with Crippen molar-refractivity contribution in [2.24, 2.45) is 0 Å². The molecule has 122 valence electrons. The van der Waals surface area contributed by atoms with Gasteiger partial charge < -0.3 is 4.90 Å². The van der Waals surface area contributed by atoms with E-state index in [4.69, 9.17) is 0 Å². The van der Waals surface area contributed by atoms with Crippen molar-refractivity contribution in [3.63, 3.8) is 0 Å². The quantitative estimate of drug-likeness (QED) is 0.798. The average Bonchev–Trinajstić information content (AvgIpc) is 2.96. The highest BCUT2D eigenvalue weighted by Gasteiger charge is 2.32. The normalized spacial score (nSPS) is 19.1. The minimum absolute atomic E-state index is 0.147. The summed E-state index contributed by atoms with van der Waals surface area (Å²) < 4.78 is 40.0. The Kier molecular flexibility index (Phi) is 3.83. The van der Waals surface area contributed by atoms with E-state index in [0.717, 1.165) is 25.1 Å². The first kappa shape index (κ1) is 15.5. The van der Waals surface area contributed by atoms with E-state index < -0.39 is 11.7 Å². The maximum absolute atomic E-state index is 12.9. The summed E-state index contributed by atoms with van der Waals surface area (Å²) >= 11 is 0. The predicted octanol–water partition coefficient (Wildman–Crippen LogP) is 2.64. The molecule has 3 rings (SSSR count). The van der Waals surface area contributed by atoms with Crippen molar-refractivity contribution in [3.05, 3.63) is 42.4 Å². The number of carbonyl (C=O) groups is 1. The van der Waals surface area contributed by atoms with Gasteiger partial charge in [-0.05, 0) is 31.1 Å². The number of aromatic nitrogens is 3. The lowest BCUT2D eigenvalue weighted by atomic mass is 9.97.